The van der Waals surface area contributed by atoms with Crippen LogP contribution in [0.5, 0.6) is 0 Å². The minimum Gasteiger partial charge on any atom is -0.395 e. The molecule has 23 heavy (non-hydrogen) atoms. The zero-order valence-corrected chi connectivity index (χ0v) is 15.5. The number of rotatable bonds is 16. The molecule has 3 unspecified atom stereocenters. The van der Waals surface area contributed by atoms with Crippen LogP contribution < -0.4 is 5.73 Å². The van der Waals surface area contributed by atoms with E-state index in [9.17, 15) is 10.2 Å². The summed E-state index contributed by atoms with van der Waals surface area (Å²) in [5.74, 6) is 0. The van der Waals surface area contributed by atoms with Crippen molar-refractivity contribution in [2.75, 3.05) is 6.61 Å². The summed E-state index contributed by atoms with van der Waals surface area (Å²) in [4.78, 5) is 0. The molecule has 0 fully saturated rings. The maximum absolute atomic E-state index is 9.91. The first-order valence-corrected chi connectivity index (χ1v) is 9.70. The Balaban J connectivity index is 3.22. The lowest BCUT2D eigenvalue weighted by atomic mass is 9.95. The van der Waals surface area contributed by atoms with E-state index >= 15 is 0 Å². The first kappa shape index (κ1) is 22.8. The van der Waals surface area contributed by atoms with Crippen LogP contribution in [-0.2, 0) is 0 Å². The fourth-order valence-corrected chi connectivity index (χ4v) is 2.79. The summed E-state index contributed by atoms with van der Waals surface area (Å²) in [6.07, 6.45) is 14.1. The number of hydrogen-bond donors (Lipinski definition) is 4. The second-order valence-electron chi connectivity index (χ2n) is 7.34. The summed E-state index contributed by atoms with van der Waals surface area (Å²) in [6.45, 7) is 3.84. The van der Waals surface area contributed by atoms with Crippen molar-refractivity contribution in [3.8, 4) is 0 Å². The average Bonchev–Trinajstić information content (AvgIpc) is 2.54. The molecule has 0 aliphatic rings. The Kier molecular flexibility index (Phi) is 14.1. The van der Waals surface area contributed by atoms with Gasteiger partial charge < -0.3 is 21.1 Å². The number of aliphatic hydroxyl groups excluding tert-OH is 2. The molecule has 0 heterocycles. The molecule has 0 aliphatic heterocycles. The summed E-state index contributed by atoms with van der Waals surface area (Å²) in [6, 6.07) is -0.490. The van der Waals surface area contributed by atoms with Crippen molar-refractivity contribution in [1.29, 1.82) is 0 Å². The Morgan fingerprint density at radius 3 is 1.74 bits per heavy atom. The molecule has 4 nitrogen and oxygen atoms in total. The van der Waals surface area contributed by atoms with Crippen LogP contribution in [0.25, 0.3) is 0 Å². The second-order valence-corrected chi connectivity index (χ2v) is 7.34. The minimum atomic E-state index is -0.562. The van der Waals surface area contributed by atoms with Gasteiger partial charge in [0.2, 0.25) is 0 Å². The van der Waals surface area contributed by atoms with Crippen LogP contribution in [0.3, 0.4) is 0 Å². The topological polar surface area (TPSA) is 86.7 Å². The van der Waals surface area contributed by atoms with E-state index in [2.05, 4.69) is 0 Å². The van der Waals surface area contributed by atoms with Gasteiger partial charge >= 0.3 is 0 Å². The molecule has 0 aromatic carbocycles. The highest BCUT2D eigenvalue weighted by Gasteiger charge is 2.16. The molecular formula is C19H41NO3. The van der Waals surface area contributed by atoms with E-state index in [4.69, 9.17) is 10.8 Å². The zero-order valence-electron chi connectivity index (χ0n) is 15.5. The molecule has 0 aromatic rings. The predicted molar refractivity (Wildman–Crippen MR) is 97.4 cm³/mol. The van der Waals surface area contributed by atoms with Gasteiger partial charge in [-0.05, 0) is 26.2 Å². The molecule has 4 heteroatoms. The molecule has 0 aromatic heterocycles. The van der Waals surface area contributed by atoms with Crippen LogP contribution in [0.2, 0.25) is 0 Å². The van der Waals surface area contributed by atoms with Gasteiger partial charge in [-0.3, -0.25) is 0 Å². The van der Waals surface area contributed by atoms with Gasteiger partial charge in [-0.25, -0.2) is 0 Å². The van der Waals surface area contributed by atoms with E-state index in [0.29, 0.717) is 6.42 Å². The van der Waals surface area contributed by atoms with Crippen LogP contribution in [0.15, 0.2) is 0 Å². The fourth-order valence-electron chi connectivity index (χ4n) is 2.79. The number of nitrogens with two attached hydrogens (primary N) is 1. The molecule has 0 aliphatic carbocycles. The van der Waals surface area contributed by atoms with Crippen molar-refractivity contribution in [3.63, 3.8) is 0 Å². The van der Waals surface area contributed by atoms with E-state index in [1.165, 1.54) is 44.9 Å². The third-order valence-electron chi connectivity index (χ3n) is 4.93. The van der Waals surface area contributed by atoms with Crippen LogP contribution in [0.1, 0.15) is 97.3 Å². The molecule has 0 rings (SSSR count). The van der Waals surface area contributed by atoms with Gasteiger partial charge in [0.25, 0.3) is 0 Å². The lowest BCUT2D eigenvalue weighted by molar-refractivity contribution is 0.0442. The van der Waals surface area contributed by atoms with Crippen molar-refractivity contribution >= 4 is 0 Å². The molecule has 5 N–H and O–H groups in total. The van der Waals surface area contributed by atoms with E-state index in [1.807, 2.05) is 13.8 Å². The van der Waals surface area contributed by atoms with Gasteiger partial charge in [0.05, 0.1) is 24.4 Å². The van der Waals surface area contributed by atoms with E-state index in [1.54, 1.807) is 0 Å². The van der Waals surface area contributed by atoms with Crippen molar-refractivity contribution in [3.05, 3.63) is 0 Å². The number of unbranched alkanes of at least 4 members (excludes halogenated alkanes) is 9. The first-order valence-electron chi connectivity index (χ1n) is 9.70. The fraction of sp³-hybridized carbons (Fsp3) is 1.00. The third kappa shape index (κ3) is 13.9. The van der Waals surface area contributed by atoms with Crippen molar-refractivity contribution < 1.29 is 15.3 Å². The molecule has 0 saturated carbocycles. The third-order valence-corrected chi connectivity index (χ3v) is 4.93. The molecule has 0 radical (unpaired) electrons. The highest BCUT2D eigenvalue weighted by atomic mass is 16.3. The number of hydrogen-bond acceptors (Lipinski definition) is 4. The summed E-state index contributed by atoms with van der Waals surface area (Å²) in [5.41, 5.74) is 5.10. The minimum absolute atomic E-state index is 0.142. The second kappa shape index (κ2) is 14.2. The van der Waals surface area contributed by atoms with Gasteiger partial charge in [-0.1, -0.05) is 71.1 Å². The standard InChI is InChI=1S/C19H41NO3/c1-3-19(2,23)15-13-11-9-7-5-4-6-8-10-12-14-18(22)17(20)16-21/h17-18,21-23H,3-16,20H2,1-2H3. The van der Waals surface area contributed by atoms with Gasteiger partial charge in [-0.2, -0.15) is 0 Å². The monoisotopic (exact) mass is 331 g/mol. The summed E-state index contributed by atoms with van der Waals surface area (Å²) in [7, 11) is 0. The maximum Gasteiger partial charge on any atom is 0.0713 e. The summed E-state index contributed by atoms with van der Waals surface area (Å²) in [5, 5.41) is 28.4. The predicted octanol–water partition coefficient (Wildman–Crippen LogP) is 3.51. The Morgan fingerprint density at radius 2 is 1.30 bits per heavy atom. The molecular weight excluding hydrogens is 290 g/mol. The summed E-state index contributed by atoms with van der Waals surface area (Å²) < 4.78 is 0. The van der Waals surface area contributed by atoms with Gasteiger partial charge in [0.1, 0.15) is 0 Å². The SMILES string of the molecule is CCC(C)(O)CCCCCCCCCCCCC(O)C(N)CO. The van der Waals surface area contributed by atoms with Crippen molar-refractivity contribution in [2.45, 2.75) is 115 Å². The Bertz CT molecular complexity index is 259. The Morgan fingerprint density at radius 1 is 0.870 bits per heavy atom. The maximum atomic E-state index is 9.91. The van der Waals surface area contributed by atoms with Gasteiger partial charge in [-0.15, -0.1) is 0 Å². The molecule has 140 valence electrons. The Labute approximate surface area is 143 Å². The van der Waals surface area contributed by atoms with Gasteiger partial charge in [0, 0.05) is 0 Å². The molecule has 3 atom stereocenters. The average molecular weight is 332 g/mol. The molecule has 0 saturated heterocycles. The van der Waals surface area contributed by atoms with E-state index in [0.717, 1.165) is 32.1 Å². The first-order chi connectivity index (χ1) is 10.9. The lowest BCUT2D eigenvalue weighted by Gasteiger charge is -2.20. The van der Waals surface area contributed by atoms with Crippen molar-refractivity contribution in [1.82, 2.24) is 0 Å². The lowest BCUT2D eigenvalue weighted by Crippen LogP contribution is -2.37. The highest BCUT2D eigenvalue weighted by molar-refractivity contribution is 4.70. The highest BCUT2D eigenvalue weighted by Crippen LogP contribution is 2.19. The zero-order chi connectivity index (χ0) is 17.6. The molecule has 0 amide bonds. The molecule has 0 spiro atoms. The Hall–Kier alpha value is -0.160. The van der Waals surface area contributed by atoms with Crippen molar-refractivity contribution in [2.24, 2.45) is 5.73 Å². The largest absolute Gasteiger partial charge is 0.395 e. The van der Waals surface area contributed by atoms with Gasteiger partial charge in [0.15, 0.2) is 0 Å². The van der Waals surface area contributed by atoms with Crippen LogP contribution in [-0.4, -0.2) is 39.7 Å². The smallest absolute Gasteiger partial charge is 0.0713 e. The molecule has 0 bridgehead atoms. The van der Waals surface area contributed by atoms with E-state index < -0.39 is 17.7 Å². The number of aliphatic hydroxyl groups is 3. The normalized spacial score (nSPS) is 17.0. The summed E-state index contributed by atoms with van der Waals surface area (Å²) >= 11 is 0. The van der Waals surface area contributed by atoms with Crippen LogP contribution in [0, 0.1) is 0 Å². The quantitative estimate of drug-likeness (QED) is 0.326. The van der Waals surface area contributed by atoms with E-state index in [-0.39, 0.29) is 6.61 Å². The van der Waals surface area contributed by atoms with Crippen LogP contribution in [0.4, 0.5) is 0 Å². The van der Waals surface area contributed by atoms with Crippen LogP contribution >= 0.6 is 0 Å².